The highest BCUT2D eigenvalue weighted by Crippen LogP contribution is 2.31. The molecule has 0 aliphatic carbocycles. The third kappa shape index (κ3) is 1.83. The summed E-state index contributed by atoms with van der Waals surface area (Å²) in [5.41, 5.74) is 0.194. The van der Waals surface area contributed by atoms with Crippen LogP contribution in [0.3, 0.4) is 0 Å². The highest BCUT2D eigenvalue weighted by Gasteiger charge is 2.28. The normalized spacial score (nSPS) is 22.1. The molecule has 1 N–H and O–H groups in total. The van der Waals surface area contributed by atoms with Gasteiger partial charge in [-0.15, -0.1) is 0 Å². The number of para-hydroxylation sites is 1. The molecule has 17 heavy (non-hydrogen) atoms. The summed E-state index contributed by atoms with van der Waals surface area (Å²) in [5.74, 6) is -0.0368. The number of halogens is 1. The van der Waals surface area contributed by atoms with Gasteiger partial charge >= 0.3 is 0 Å². The van der Waals surface area contributed by atoms with E-state index in [-0.39, 0.29) is 11.7 Å². The average molecular weight is 236 g/mol. The van der Waals surface area contributed by atoms with Gasteiger partial charge in [0, 0.05) is 12.0 Å². The lowest BCUT2D eigenvalue weighted by molar-refractivity contribution is -0.0124. The topological polar surface area (TPSA) is 42.6 Å². The molecule has 1 fully saturated rings. The number of ether oxygens (including phenoxy) is 1. The Kier molecular flexibility index (Phi) is 2.61. The van der Waals surface area contributed by atoms with Crippen LogP contribution in [0.15, 0.2) is 28.7 Å². The maximum atomic E-state index is 13.4. The van der Waals surface area contributed by atoms with Gasteiger partial charge in [-0.25, -0.2) is 4.39 Å². The van der Waals surface area contributed by atoms with Gasteiger partial charge in [0.25, 0.3) is 0 Å². The first-order valence-electron chi connectivity index (χ1n) is 5.73. The Bertz CT molecular complexity index is 528. The molecule has 2 atom stereocenters. The van der Waals surface area contributed by atoms with Crippen LogP contribution in [-0.2, 0) is 4.74 Å². The first-order valence-corrected chi connectivity index (χ1v) is 5.73. The maximum Gasteiger partial charge on any atom is 0.170 e. The minimum absolute atomic E-state index is 0.194. The molecule has 2 aromatic rings. The van der Waals surface area contributed by atoms with Gasteiger partial charge in [-0.2, -0.15) is 0 Å². The zero-order chi connectivity index (χ0) is 11.8. The molecular weight excluding hydrogens is 223 g/mol. The molecule has 4 heteroatoms. The molecule has 3 nitrogen and oxygen atoms in total. The second-order valence-electron chi connectivity index (χ2n) is 4.30. The van der Waals surface area contributed by atoms with E-state index >= 15 is 0 Å². The molecule has 1 aromatic carbocycles. The molecule has 1 aromatic heterocycles. The van der Waals surface area contributed by atoms with Crippen molar-refractivity contribution in [2.24, 2.45) is 0 Å². The number of benzene rings is 1. The van der Waals surface area contributed by atoms with E-state index in [1.807, 2.05) is 0 Å². The van der Waals surface area contributed by atoms with Crippen molar-refractivity contribution in [1.82, 2.24) is 0 Å². The highest BCUT2D eigenvalue weighted by atomic mass is 19.1. The molecule has 0 bridgehead atoms. The molecule has 2 unspecified atom stereocenters. The molecule has 1 saturated heterocycles. The summed E-state index contributed by atoms with van der Waals surface area (Å²) in [7, 11) is 0. The predicted octanol–water partition coefficient (Wildman–Crippen LogP) is 2.78. The number of aliphatic hydroxyl groups is 1. The molecule has 0 saturated carbocycles. The lowest BCUT2D eigenvalue weighted by Crippen LogP contribution is -2.16. The maximum absolute atomic E-state index is 13.4. The van der Waals surface area contributed by atoms with Gasteiger partial charge in [0.1, 0.15) is 11.9 Å². The van der Waals surface area contributed by atoms with Crippen molar-refractivity contribution in [2.75, 3.05) is 6.61 Å². The van der Waals surface area contributed by atoms with Gasteiger partial charge in [-0.3, -0.25) is 0 Å². The number of hydrogen-bond acceptors (Lipinski definition) is 3. The van der Waals surface area contributed by atoms with Crippen LogP contribution in [0, 0.1) is 5.82 Å². The van der Waals surface area contributed by atoms with Crippen molar-refractivity contribution < 1.29 is 18.7 Å². The average Bonchev–Trinajstić information content (AvgIpc) is 2.98. The highest BCUT2D eigenvalue weighted by molar-refractivity contribution is 5.78. The third-order valence-electron chi connectivity index (χ3n) is 3.12. The standard InChI is InChI=1S/C13H13FO3/c14-9-4-1-3-8-7-11(17-13(8)9)12(15)10-5-2-6-16-10/h1,3-4,7,10,12,15H,2,5-6H2. The minimum Gasteiger partial charge on any atom is -0.455 e. The van der Waals surface area contributed by atoms with Gasteiger partial charge in [0.2, 0.25) is 0 Å². The monoisotopic (exact) mass is 236 g/mol. The van der Waals surface area contributed by atoms with Crippen molar-refractivity contribution in [3.8, 4) is 0 Å². The van der Waals surface area contributed by atoms with E-state index in [1.54, 1.807) is 18.2 Å². The molecular formula is C13H13FO3. The number of furan rings is 1. The zero-order valence-electron chi connectivity index (χ0n) is 9.23. The van der Waals surface area contributed by atoms with Crippen LogP contribution < -0.4 is 0 Å². The lowest BCUT2D eigenvalue weighted by Gasteiger charge is -2.14. The summed E-state index contributed by atoms with van der Waals surface area (Å²) < 4.78 is 24.2. The largest absolute Gasteiger partial charge is 0.455 e. The summed E-state index contributed by atoms with van der Waals surface area (Å²) in [6, 6.07) is 6.39. The number of fused-ring (bicyclic) bond motifs is 1. The van der Waals surface area contributed by atoms with Gasteiger partial charge < -0.3 is 14.3 Å². The van der Waals surface area contributed by atoms with Crippen molar-refractivity contribution in [1.29, 1.82) is 0 Å². The minimum atomic E-state index is -0.815. The number of hydrogen-bond donors (Lipinski definition) is 1. The van der Waals surface area contributed by atoms with Crippen molar-refractivity contribution >= 4 is 11.0 Å². The predicted molar refractivity (Wildman–Crippen MR) is 60.1 cm³/mol. The van der Waals surface area contributed by atoms with Crippen LogP contribution in [0.4, 0.5) is 4.39 Å². The summed E-state index contributed by atoms with van der Waals surface area (Å²) in [5, 5.41) is 10.7. The summed E-state index contributed by atoms with van der Waals surface area (Å²) in [6.07, 6.45) is 0.694. The first kappa shape index (κ1) is 10.7. The fourth-order valence-electron chi connectivity index (χ4n) is 2.23. The van der Waals surface area contributed by atoms with E-state index in [1.165, 1.54) is 6.07 Å². The van der Waals surface area contributed by atoms with Crippen LogP contribution in [0.5, 0.6) is 0 Å². The second kappa shape index (κ2) is 4.13. The van der Waals surface area contributed by atoms with E-state index in [9.17, 15) is 9.50 Å². The Balaban J connectivity index is 1.97. The van der Waals surface area contributed by atoms with Crippen LogP contribution in [-0.4, -0.2) is 17.8 Å². The molecule has 0 amide bonds. The van der Waals surface area contributed by atoms with Gasteiger partial charge in [0.05, 0.1) is 6.10 Å². The van der Waals surface area contributed by atoms with E-state index in [0.717, 1.165) is 12.8 Å². The second-order valence-corrected chi connectivity index (χ2v) is 4.30. The molecule has 1 aliphatic rings. The molecule has 90 valence electrons. The SMILES string of the molecule is OC(c1cc2cccc(F)c2o1)C1CCCO1. The molecule has 2 heterocycles. The fourth-order valence-corrected chi connectivity index (χ4v) is 2.23. The van der Waals surface area contributed by atoms with E-state index in [0.29, 0.717) is 17.8 Å². The smallest absolute Gasteiger partial charge is 0.170 e. The van der Waals surface area contributed by atoms with Crippen molar-refractivity contribution in [3.05, 3.63) is 35.8 Å². The summed E-state index contributed by atoms with van der Waals surface area (Å²) >= 11 is 0. The Morgan fingerprint density at radius 3 is 3.00 bits per heavy atom. The van der Waals surface area contributed by atoms with Gasteiger partial charge in [-0.1, -0.05) is 12.1 Å². The molecule has 0 spiro atoms. The van der Waals surface area contributed by atoms with E-state index in [2.05, 4.69) is 0 Å². The van der Waals surface area contributed by atoms with Crippen LogP contribution >= 0.6 is 0 Å². The van der Waals surface area contributed by atoms with E-state index in [4.69, 9.17) is 9.15 Å². The van der Waals surface area contributed by atoms with Crippen LogP contribution in [0.2, 0.25) is 0 Å². The van der Waals surface area contributed by atoms with Crippen LogP contribution in [0.25, 0.3) is 11.0 Å². The lowest BCUT2D eigenvalue weighted by atomic mass is 10.1. The molecule has 3 rings (SSSR count). The Morgan fingerprint density at radius 1 is 1.41 bits per heavy atom. The Labute approximate surface area is 97.8 Å². The van der Waals surface area contributed by atoms with Gasteiger partial charge in [0.15, 0.2) is 11.4 Å². The van der Waals surface area contributed by atoms with Crippen LogP contribution in [0.1, 0.15) is 24.7 Å². The number of rotatable bonds is 2. The van der Waals surface area contributed by atoms with Gasteiger partial charge in [-0.05, 0) is 25.0 Å². The van der Waals surface area contributed by atoms with E-state index < -0.39 is 11.9 Å². The van der Waals surface area contributed by atoms with Crippen molar-refractivity contribution in [3.63, 3.8) is 0 Å². The van der Waals surface area contributed by atoms with Crippen molar-refractivity contribution in [2.45, 2.75) is 25.0 Å². The molecule has 1 aliphatic heterocycles. The summed E-state index contributed by atoms with van der Waals surface area (Å²) in [6.45, 7) is 0.663. The fraction of sp³-hybridized carbons (Fsp3) is 0.385. The summed E-state index contributed by atoms with van der Waals surface area (Å²) in [4.78, 5) is 0. The zero-order valence-corrected chi connectivity index (χ0v) is 9.23. The first-order chi connectivity index (χ1) is 8.25. The molecule has 0 radical (unpaired) electrons. The number of aliphatic hydroxyl groups excluding tert-OH is 1. The Morgan fingerprint density at radius 2 is 2.29 bits per heavy atom. The Hall–Kier alpha value is -1.39. The quantitative estimate of drug-likeness (QED) is 0.871. The third-order valence-corrected chi connectivity index (χ3v) is 3.12.